The maximum atomic E-state index is 15.0. The summed E-state index contributed by atoms with van der Waals surface area (Å²) in [4.78, 5) is 65.1. The maximum absolute atomic E-state index is 15.0. The lowest BCUT2D eigenvalue weighted by Crippen LogP contribution is -2.48. The van der Waals surface area contributed by atoms with E-state index in [1.807, 2.05) is 63.2 Å². The van der Waals surface area contributed by atoms with E-state index in [0.29, 0.717) is 56.0 Å². The Morgan fingerprint density at radius 3 is 2.42 bits per heavy atom. The number of fused-ring (bicyclic) bond motifs is 3. The summed E-state index contributed by atoms with van der Waals surface area (Å²) in [6, 6.07) is 6.19. The number of halogens is 2. The molecule has 4 aliphatic rings. The number of hydrogen-bond acceptors (Lipinski definition) is 11. The molecular weight excluding hydrogens is 787 g/mol. The molecule has 59 heavy (non-hydrogen) atoms. The van der Waals surface area contributed by atoms with E-state index in [2.05, 4.69) is 4.72 Å². The molecule has 2 amide bonds. The van der Waals surface area contributed by atoms with Gasteiger partial charge in [0.2, 0.25) is 27.7 Å². The quantitative estimate of drug-likeness (QED) is 0.202. The van der Waals surface area contributed by atoms with Crippen molar-refractivity contribution in [2.75, 3.05) is 32.6 Å². The molecule has 0 spiro atoms. The summed E-state index contributed by atoms with van der Waals surface area (Å²) in [5, 5.41) is 0.798. The summed E-state index contributed by atoms with van der Waals surface area (Å²) in [7, 11) is 1.31. The number of carbonyl (C=O) groups excluding carboxylic acids is 4. The van der Waals surface area contributed by atoms with Gasteiger partial charge in [0, 0.05) is 39.2 Å². The number of ether oxygens (including phenoxy) is 3. The van der Waals surface area contributed by atoms with Crippen LogP contribution in [-0.2, 0) is 33.9 Å². The molecule has 2 aromatic rings. The van der Waals surface area contributed by atoms with Gasteiger partial charge in [0.25, 0.3) is 5.92 Å². The van der Waals surface area contributed by atoms with Gasteiger partial charge in [0.15, 0.2) is 11.4 Å². The van der Waals surface area contributed by atoms with Crippen molar-refractivity contribution in [2.45, 2.75) is 121 Å². The Morgan fingerprint density at radius 2 is 1.78 bits per heavy atom. The lowest BCUT2D eigenvalue weighted by molar-refractivity contribution is -0.197. The van der Waals surface area contributed by atoms with E-state index >= 15 is 0 Å². The molecule has 324 valence electrons. The first-order valence-electron chi connectivity index (χ1n) is 20.5. The number of allylic oxidation sites excluding steroid dienone is 2. The van der Waals surface area contributed by atoms with E-state index < -0.39 is 86.2 Å². The van der Waals surface area contributed by atoms with E-state index in [1.54, 1.807) is 13.2 Å². The van der Waals surface area contributed by atoms with Gasteiger partial charge in [0.1, 0.15) is 17.7 Å². The van der Waals surface area contributed by atoms with Crippen LogP contribution in [0.15, 0.2) is 36.4 Å². The number of aromatic nitrogens is 1. The SMILES string of the molecule is COc1ccc2c(O[C@@H]3C[C@H]4C(=O)C[C@]5(C(=O)NS(=O)(=O)C6CC6)C[C@H]5/C=C\CC[C@@H](C)C[C@@H](C)[C@H](CC(=O)OC(C)(C)C(C)(F)F)C(=O)N4C3)nc(N(C)C)cc2c1. The number of esters is 1. The molecule has 6 rings (SSSR count). The third kappa shape index (κ3) is 9.68. The second-order valence-electron chi connectivity index (χ2n) is 18.0. The normalized spacial score (nSPS) is 28.7. The molecule has 13 nitrogen and oxygen atoms in total. The first-order valence-corrected chi connectivity index (χ1v) is 22.1. The van der Waals surface area contributed by atoms with Crippen LogP contribution in [0.4, 0.5) is 14.6 Å². The minimum Gasteiger partial charge on any atom is -0.497 e. The number of nitrogens with one attached hydrogen (secondary N) is 1. The summed E-state index contributed by atoms with van der Waals surface area (Å²) >= 11 is 0. The van der Waals surface area contributed by atoms with Crippen LogP contribution in [0.3, 0.4) is 0 Å². The topological polar surface area (TPSA) is 162 Å². The predicted octanol–water partition coefficient (Wildman–Crippen LogP) is 6.23. The van der Waals surface area contributed by atoms with Crippen LogP contribution >= 0.6 is 0 Å². The number of anilines is 1. The van der Waals surface area contributed by atoms with Gasteiger partial charge in [0.05, 0.1) is 42.7 Å². The zero-order chi connectivity index (χ0) is 43.2. The molecule has 2 aliphatic heterocycles. The molecule has 1 N–H and O–H groups in total. The van der Waals surface area contributed by atoms with Crippen molar-refractivity contribution in [3.8, 4) is 11.6 Å². The van der Waals surface area contributed by atoms with Gasteiger partial charge in [-0.15, -0.1) is 0 Å². The van der Waals surface area contributed by atoms with Crippen LogP contribution in [0.5, 0.6) is 11.6 Å². The Bertz CT molecular complexity index is 2100. The van der Waals surface area contributed by atoms with Crippen LogP contribution in [0.25, 0.3) is 10.8 Å². The smallest absolute Gasteiger partial charge is 0.307 e. The van der Waals surface area contributed by atoms with Crippen molar-refractivity contribution in [2.24, 2.45) is 29.1 Å². The molecule has 2 saturated carbocycles. The number of nitrogens with zero attached hydrogens (tertiary/aromatic N) is 3. The molecule has 1 aromatic heterocycles. The number of amides is 2. The molecule has 7 atom stereocenters. The minimum absolute atomic E-state index is 0.0196. The third-order valence-corrected chi connectivity index (χ3v) is 14.5. The number of sulfonamides is 1. The first-order chi connectivity index (χ1) is 27.5. The number of pyridine rings is 1. The Balaban J connectivity index is 1.37. The zero-order valence-corrected chi connectivity index (χ0v) is 36.1. The molecule has 1 aromatic carbocycles. The molecule has 2 aliphatic carbocycles. The highest BCUT2D eigenvalue weighted by atomic mass is 32.2. The highest BCUT2D eigenvalue weighted by molar-refractivity contribution is 7.90. The van der Waals surface area contributed by atoms with Gasteiger partial charge in [-0.2, -0.15) is 4.98 Å². The predicted molar refractivity (Wildman–Crippen MR) is 218 cm³/mol. The van der Waals surface area contributed by atoms with Crippen LogP contribution in [-0.4, -0.2) is 98.5 Å². The number of ketones is 1. The van der Waals surface area contributed by atoms with Gasteiger partial charge in [-0.3, -0.25) is 23.9 Å². The molecule has 3 fully saturated rings. The van der Waals surface area contributed by atoms with Gasteiger partial charge < -0.3 is 24.0 Å². The van der Waals surface area contributed by atoms with Crippen molar-refractivity contribution < 1.29 is 50.6 Å². The van der Waals surface area contributed by atoms with Crippen LogP contribution in [0.1, 0.15) is 92.4 Å². The Labute approximate surface area is 345 Å². The van der Waals surface area contributed by atoms with Crippen molar-refractivity contribution in [3.05, 3.63) is 36.4 Å². The van der Waals surface area contributed by atoms with E-state index in [0.717, 1.165) is 19.2 Å². The summed E-state index contributed by atoms with van der Waals surface area (Å²) < 4.78 is 74.5. The number of methoxy groups -OCH3 is 1. The molecule has 1 saturated heterocycles. The minimum atomic E-state index is -3.92. The fourth-order valence-electron chi connectivity index (χ4n) is 8.38. The van der Waals surface area contributed by atoms with Crippen molar-refractivity contribution in [1.82, 2.24) is 14.6 Å². The van der Waals surface area contributed by atoms with Crippen LogP contribution in [0, 0.1) is 29.1 Å². The number of alkyl halides is 2. The molecule has 16 heteroatoms. The fraction of sp³-hybridized carbons (Fsp3) is 0.651. The Morgan fingerprint density at radius 1 is 1.07 bits per heavy atom. The number of benzene rings is 1. The average Bonchev–Trinajstić information content (AvgIpc) is 4.07. The van der Waals surface area contributed by atoms with Gasteiger partial charge >= 0.3 is 5.97 Å². The highest BCUT2D eigenvalue weighted by Gasteiger charge is 2.62. The van der Waals surface area contributed by atoms with Gasteiger partial charge in [-0.25, -0.2) is 17.2 Å². The number of carbonyl (C=O) groups is 4. The van der Waals surface area contributed by atoms with Crippen LogP contribution < -0.4 is 19.1 Å². The highest BCUT2D eigenvalue weighted by Crippen LogP contribution is 2.57. The number of hydrogen-bond donors (Lipinski definition) is 1. The second kappa shape index (κ2) is 16.6. The number of rotatable bonds is 11. The third-order valence-electron chi connectivity index (χ3n) is 12.7. The van der Waals surface area contributed by atoms with E-state index in [1.165, 1.54) is 4.90 Å². The molecule has 0 radical (unpaired) electrons. The maximum Gasteiger partial charge on any atom is 0.307 e. The zero-order valence-electron chi connectivity index (χ0n) is 35.3. The van der Waals surface area contributed by atoms with Gasteiger partial charge in [-0.05, 0) is 99.8 Å². The fourth-order valence-corrected chi connectivity index (χ4v) is 9.76. The number of Topliss-reactive ketones (excluding diaryl/α,β-unsaturated/α-hetero) is 1. The van der Waals surface area contributed by atoms with Crippen molar-refractivity contribution >= 4 is 50.2 Å². The van der Waals surface area contributed by atoms with E-state index in [9.17, 15) is 36.4 Å². The van der Waals surface area contributed by atoms with Crippen molar-refractivity contribution in [1.29, 1.82) is 0 Å². The van der Waals surface area contributed by atoms with E-state index in [4.69, 9.17) is 19.2 Å². The molecule has 0 unspecified atom stereocenters. The first kappa shape index (κ1) is 44.2. The van der Waals surface area contributed by atoms with E-state index in [-0.39, 0.29) is 43.5 Å². The summed E-state index contributed by atoms with van der Waals surface area (Å²) in [6.45, 7) is 6.69. The summed E-state index contributed by atoms with van der Waals surface area (Å²) in [5.41, 5.74) is -3.48. The molecule has 3 heterocycles. The summed E-state index contributed by atoms with van der Waals surface area (Å²) in [6.07, 6.45) is 5.30. The van der Waals surface area contributed by atoms with Gasteiger partial charge in [-0.1, -0.05) is 26.0 Å². The second-order valence-corrected chi connectivity index (χ2v) is 20.0. The lowest BCUT2D eigenvalue weighted by atomic mass is 9.82. The molecular formula is C43H58F2N4O9S. The van der Waals surface area contributed by atoms with Crippen LogP contribution in [0.2, 0.25) is 0 Å². The molecule has 0 bridgehead atoms. The monoisotopic (exact) mass is 844 g/mol. The lowest BCUT2D eigenvalue weighted by Gasteiger charge is -2.34. The van der Waals surface area contributed by atoms with Crippen molar-refractivity contribution in [3.63, 3.8) is 0 Å². The Hall–Kier alpha value is -4.34. The largest absolute Gasteiger partial charge is 0.497 e. The average molecular weight is 845 g/mol. The standard InChI is InChI=1S/C43H58F2N4O9S/c1-25-11-9-10-12-28-22-43(28,40(53)47-59(54,55)31-14-15-31)23-35(50)34-20-30(57-38-32-16-13-29(56-8)18-27(32)19-36(46-38)48(6)7)24-49(34)39(52)33(26(2)17-25)21-37(51)58-41(3,4)42(5,44)45/h10,12-13,16,18-19,25-26,28,30-31,33-34H,9,11,14-15,17,20-24H2,1-8H3,(H,47,53)/b12-10-/t25-,26-,28-,30-,33+,34+,43-/m1/s1. The Kier molecular flexibility index (Phi) is 12.4. The summed E-state index contributed by atoms with van der Waals surface area (Å²) in [5.74, 6) is -6.35.